The number of carboxylic acids is 1. The number of carbonyl (C=O) groups is 1. The first-order valence-electron chi connectivity index (χ1n) is 5.78. The SMILES string of the molecule is COc1ccccc1-c1[nH][nH]c(=O)c1CCC(=O)O. The molecular weight excluding hydrogens is 248 g/mol. The van der Waals surface area contributed by atoms with Crippen LogP contribution in [0.15, 0.2) is 29.1 Å². The highest BCUT2D eigenvalue weighted by Crippen LogP contribution is 2.29. The van der Waals surface area contributed by atoms with Crippen LogP contribution < -0.4 is 10.3 Å². The summed E-state index contributed by atoms with van der Waals surface area (Å²) in [5, 5.41) is 14.0. The molecule has 0 saturated heterocycles. The molecule has 2 rings (SSSR count). The van der Waals surface area contributed by atoms with Crippen molar-refractivity contribution in [3.8, 4) is 17.0 Å². The number of ether oxygens (including phenoxy) is 1. The van der Waals surface area contributed by atoms with Gasteiger partial charge >= 0.3 is 5.97 Å². The third-order valence-corrected chi connectivity index (χ3v) is 2.84. The van der Waals surface area contributed by atoms with Gasteiger partial charge in [0.1, 0.15) is 5.75 Å². The van der Waals surface area contributed by atoms with Gasteiger partial charge in [-0.25, -0.2) is 0 Å². The van der Waals surface area contributed by atoms with Gasteiger partial charge in [0.25, 0.3) is 5.56 Å². The lowest BCUT2D eigenvalue weighted by atomic mass is 10.0. The number of aliphatic carboxylic acids is 1. The minimum atomic E-state index is -0.938. The molecule has 1 heterocycles. The average molecular weight is 262 g/mol. The van der Waals surface area contributed by atoms with Crippen LogP contribution >= 0.6 is 0 Å². The number of hydrogen-bond donors (Lipinski definition) is 3. The molecule has 2 aromatic rings. The van der Waals surface area contributed by atoms with Crippen molar-refractivity contribution in [2.24, 2.45) is 0 Å². The zero-order valence-corrected chi connectivity index (χ0v) is 10.4. The molecular formula is C13H14N2O4. The molecule has 100 valence electrons. The number of aromatic amines is 2. The maximum absolute atomic E-state index is 11.7. The van der Waals surface area contributed by atoms with Crippen LogP contribution in [0.4, 0.5) is 0 Å². The van der Waals surface area contributed by atoms with Crippen molar-refractivity contribution >= 4 is 5.97 Å². The second-order valence-corrected chi connectivity index (χ2v) is 4.03. The molecule has 0 aliphatic heterocycles. The lowest BCUT2D eigenvalue weighted by Crippen LogP contribution is -2.08. The maximum atomic E-state index is 11.7. The molecule has 0 spiro atoms. The van der Waals surface area contributed by atoms with Gasteiger partial charge in [-0.3, -0.25) is 19.8 Å². The molecule has 19 heavy (non-hydrogen) atoms. The molecule has 3 N–H and O–H groups in total. The quantitative estimate of drug-likeness (QED) is 0.758. The van der Waals surface area contributed by atoms with Crippen molar-refractivity contribution in [2.45, 2.75) is 12.8 Å². The molecule has 0 aliphatic rings. The first-order valence-corrected chi connectivity index (χ1v) is 5.78. The smallest absolute Gasteiger partial charge is 0.303 e. The largest absolute Gasteiger partial charge is 0.496 e. The minimum absolute atomic E-state index is 0.0942. The van der Waals surface area contributed by atoms with Gasteiger partial charge < -0.3 is 9.84 Å². The van der Waals surface area contributed by atoms with Crippen molar-refractivity contribution in [3.63, 3.8) is 0 Å². The summed E-state index contributed by atoms with van der Waals surface area (Å²) < 4.78 is 5.24. The third kappa shape index (κ3) is 2.67. The van der Waals surface area contributed by atoms with E-state index >= 15 is 0 Å². The molecule has 0 fully saturated rings. The van der Waals surface area contributed by atoms with Crippen molar-refractivity contribution in [1.82, 2.24) is 10.2 Å². The summed E-state index contributed by atoms with van der Waals surface area (Å²) in [6.45, 7) is 0. The van der Waals surface area contributed by atoms with Crippen molar-refractivity contribution in [2.75, 3.05) is 7.11 Å². The van der Waals surface area contributed by atoms with Crippen LogP contribution in [0.1, 0.15) is 12.0 Å². The number of nitrogens with one attached hydrogen (secondary N) is 2. The van der Waals surface area contributed by atoms with E-state index in [1.807, 2.05) is 18.2 Å². The molecule has 6 nitrogen and oxygen atoms in total. The molecule has 0 bridgehead atoms. The number of hydrogen-bond acceptors (Lipinski definition) is 3. The first kappa shape index (κ1) is 12.9. The summed E-state index contributed by atoms with van der Waals surface area (Å²) in [7, 11) is 1.54. The normalized spacial score (nSPS) is 10.4. The Kier molecular flexibility index (Phi) is 3.70. The number of methoxy groups -OCH3 is 1. The van der Waals surface area contributed by atoms with Crippen LogP contribution in [-0.4, -0.2) is 28.4 Å². The molecule has 0 saturated carbocycles. The van der Waals surface area contributed by atoms with Crippen LogP contribution in [0.25, 0.3) is 11.3 Å². The fourth-order valence-electron chi connectivity index (χ4n) is 1.94. The number of H-pyrrole nitrogens is 2. The molecule has 0 unspecified atom stereocenters. The highest BCUT2D eigenvalue weighted by molar-refractivity contribution is 5.71. The Labute approximate surface area is 109 Å². The van der Waals surface area contributed by atoms with E-state index in [2.05, 4.69) is 10.2 Å². The Morgan fingerprint density at radius 3 is 2.74 bits per heavy atom. The number of rotatable bonds is 5. The zero-order valence-electron chi connectivity index (χ0n) is 10.4. The highest BCUT2D eigenvalue weighted by Gasteiger charge is 2.15. The number of aromatic nitrogens is 2. The molecule has 0 atom stereocenters. The summed E-state index contributed by atoms with van der Waals surface area (Å²) in [5.41, 5.74) is 1.42. The Morgan fingerprint density at radius 2 is 2.05 bits per heavy atom. The Morgan fingerprint density at radius 1 is 1.32 bits per heavy atom. The van der Waals surface area contributed by atoms with Crippen LogP contribution in [0.3, 0.4) is 0 Å². The molecule has 1 aromatic heterocycles. The van der Waals surface area contributed by atoms with E-state index in [-0.39, 0.29) is 18.4 Å². The Bertz CT molecular complexity index is 642. The van der Waals surface area contributed by atoms with E-state index in [4.69, 9.17) is 9.84 Å². The van der Waals surface area contributed by atoms with Gasteiger partial charge in [0.15, 0.2) is 0 Å². The highest BCUT2D eigenvalue weighted by atomic mass is 16.5. The topological polar surface area (TPSA) is 95.2 Å². The van der Waals surface area contributed by atoms with Crippen LogP contribution in [0.5, 0.6) is 5.75 Å². The van der Waals surface area contributed by atoms with E-state index in [0.717, 1.165) is 5.56 Å². The van der Waals surface area contributed by atoms with E-state index in [9.17, 15) is 9.59 Å². The lowest BCUT2D eigenvalue weighted by Gasteiger charge is -2.07. The second kappa shape index (κ2) is 5.43. The van der Waals surface area contributed by atoms with Gasteiger partial charge in [-0.15, -0.1) is 0 Å². The van der Waals surface area contributed by atoms with E-state index in [1.165, 1.54) is 0 Å². The van der Waals surface area contributed by atoms with Crippen molar-refractivity contribution in [3.05, 3.63) is 40.2 Å². The molecule has 0 aliphatic carbocycles. The summed E-state index contributed by atoms with van der Waals surface area (Å²) in [5.74, 6) is -0.319. The fraction of sp³-hybridized carbons (Fsp3) is 0.231. The second-order valence-electron chi connectivity index (χ2n) is 4.03. The molecule has 6 heteroatoms. The predicted octanol–water partition coefficient (Wildman–Crippen LogP) is 1.40. The standard InChI is InChI=1S/C13H14N2O4/c1-19-10-5-3-2-4-8(10)12-9(6-7-11(16)17)13(18)15-14-12/h2-5H,6-7H2,1H3,(H,16,17)(H2,14,15,18). The zero-order chi connectivity index (χ0) is 13.8. The van der Waals surface area contributed by atoms with Gasteiger partial charge in [0.2, 0.25) is 0 Å². The number of carboxylic acid groups (broad SMARTS) is 1. The molecule has 1 aromatic carbocycles. The van der Waals surface area contributed by atoms with Gasteiger partial charge in [-0.05, 0) is 18.6 Å². The summed E-state index contributed by atoms with van der Waals surface area (Å²) in [4.78, 5) is 22.3. The summed E-state index contributed by atoms with van der Waals surface area (Å²) in [6, 6.07) is 7.23. The Hall–Kier alpha value is -2.50. The van der Waals surface area contributed by atoms with E-state index in [1.54, 1.807) is 13.2 Å². The van der Waals surface area contributed by atoms with Gasteiger partial charge in [0, 0.05) is 17.5 Å². The third-order valence-electron chi connectivity index (χ3n) is 2.84. The predicted molar refractivity (Wildman–Crippen MR) is 69.4 cm³/mol. The average Bonchev–Trinajstić information content (AvgIpc) is 2.77. The number of benzene rings is 1. The van der Waals surface area contributed by atoms with Crippen LogP contribution in [0, 0.1) is 0 Å². The number of para-hydroxylation sites is 1. The van der Waals surface area contributed by atoms with Crippen molar-refractivity contribution < 1.29 is 14.6 Å². The Balaban J connectivity index is 2.45. The minimum Gasteiger partial charge on any atom is -0.496 e. The monoisotopic (exact) mass is 262 g/mol. The fourth-order valence-corrected chi connectivity index (χ4v) is 1.94. The first-order chi connectivity index (χ1) is 9.13. The van der Waals surface area contributed by atoms with Crippen LogP contribution in [0.2, 0.25) is 0 Å². The van der Waals surface area contributed by atoms with Gasteiger partial charge in [-0.1, -0.05) is 12.1 Å². The van der Waals surface area contributed by atoms with Crippen LogP contribution in [-0.2, 0) is 11.2 Å². The lowest BCUT2D eigenvalue weighted by molar-refractivity contribution is -0.136. The molecule has 0 radical (unpaired) electrons. The van der Waals surface area contributed by atoms with Gasteiger partial charge in [0.05, 0.1) is 12.8 Å². The van der Waals surface area contributed by atoms with E-state index in [0.29, 0.717) is 17.0 Å². The van der Waals surface area contributed by atoms with Gasteiger partial charge in [-0.2, -0.15) is 0 Å². The van der Waals surface area contributed by atoms with E-state index < -0.39 is 5.97 Å². The molecule has 0 amide bonds. The van der Waals surface area contributed by atoms with Crippen molar-refractivity contribution in [1.29, 1.82) is 0 Å². The summed E-state index contributed by atoms with van der Waals surface area (Å²) >= 11 is 0. The maximum Gasteiger partial charge on any atom is 0.303 e. The summed E-state index contributed by atoms with van der Waals surface area (Å²) in [6.07, 6.45) is 0.0740.